The minimum Gasteiger partial charge on any atom is -0.354 e. The Labute approximate surface area is 128 Å². The summed E-state index contributed by atoms with van der Waals surface area (Å²) in [7, 11) is 0. The van der Waals surface area contributed by atoms with Crippen molar-refractivity contribution in [2.75, 3.05) is 13.1 Å². The molecule has 1 fully saturated rings. The van der Waals surface area contributed by atoms with E-state index < -0.39 is 0 Å². The number of aryl methyl sites for hydroxylation is 1. The van der Waals surface area contributed by atoms with Crippen LogP contribution in [-0.4, -0.2) is 34.5 Å². The molecule has 0 aliphatic carbocycles. The molecule has 1 amide bonds. The Hall–Kier alpha value is -1.29. The van der Waals surface area contributed by atoms with E-state index in [9.17, 15) is 4.79 Å². The molecule has 1 N–H and O–H groups in total. The van der Waals surface area contributed by atoms with Gasteiger partial charge in [0.05, 0.1) is 0 Å². The number of likely N-dealkylation sites (tertiary alicyclic amines) is 1. The third-order valence-corrected chi connectivity index (χ3v) is 4.19. The molecule has 0 aromatic carbocycles. The van der Waals surface area contributed by atoms with Gasteiger partial charge in [-0.15, -0.1) is 0 Å². The number of hydrogen-bond donors (Lipinski definition) is 1. The fourth-order valence-corrected chi connectivity index (χ4v) is 2.92. The predicted octanol–water partition coefficient (Wildman–Crippen LogP) is 2.63. The van der Waals surface area contributed by atoms with E-state index in [4.69, 9.17) is 0 Å². The number of piperidine rings is 1. The van der Waals surface area contributed by atoms with Crippen LogP contribution in [0.5, 0.6) is 0 Å². The van der Waals surface area contributed by atoms with Crippen molar-refractivity contribution in [3.05, 3.63) is 24.0 Å². The molecule has 0 radical (unpaired) electrons. The largest absolute Gasteiger partial charge is 0.354 e. The van der Waals surface area contributed by atoms with E-state index in [1.54, 1.807) is 0 Å². The zero-order valence-corrected chi connectivity index (χ0v) is 13.6. The van der Waals surface area contributed by atoms with Gasteiger partial charge in [-0.3, -0.25) is 4.79 Å². The topological polar surface area (TPSA) is 37.3 Å². The van der Waals surface area contributed by atoms with Crippen LogP contribution in [0.4, 0.5) is 0 Å². The first-order valence-corrected chi connectivity index (χ1v) is 8.27. The van der Waals surface area contributed by atoms with Crippen LogP contribution in [0.25, 0.3) is 0 Å². The van der Waals surface area contributed by atoms with Crippen LogP contribution in [0, 0.1) is 5.92 Å². The average molecular weight is 291 g/mol. The normalized spacial score (nSPS) is 16.7. The van der Waals surface area contributed by atoms with Gasteiger partial charge in [0.15, 0.2) is 0 Å². The number of aromatic nitrogens is 1. The predicted molar refractivity (Wildman–Crippen MR) is 86.0 cm³/mol. The van der Waals surface area contributed by atoms with E-state index in [2.05, 4.69) is 35.3 Å². The Bertz CT molecular complexity index is 445. The lowest BCUT2D eigenvalue weighted by atomic mass is 10.0. The number of hydrogen-bond acceptors (Lipinski definition) is 2. The van der Waals surface area contributed by atoms with Crippen molar-refractivity contribution in [3.63, 3.8) is 0 Å². The molecule has 0 atom stereocenters. The minimum absolute atomic E-state index is 0.118. The quantitative estimate of drug-likeness (QED) is 0.875. The standard InChI is InChI=1S/C17H29N3O/c1-4-8-19-9-5-15(13-19)12-18-16-6-10-20(11-7-16)17(21)14(2)3/h5,9,13-14,16,18H,4,6-8,10-12H2,1-3H3. The molecule has 0 unspecified atom stereocenters. The molecule has 21 heavy (non-hydrogen) atoms. The summed E-state index contributed by atoms with van der Waals surface area (Å²) in [5.74, 6) is 0.415. The summed E-state index contributed by atoms with van der Waals surface area (Å²) in [5.41, 5.74) is 1.35. The van der Waals surface area contributed by atoms with Gasteiger partial charge in [-0.2, -0.15) is 0 Å². The first-order chi connectivity index (χ1) is 10.1. The molecule has 2 rings (SSSR count). The van der Waals surface area contributed by atoms with Crippen LogP contribution in [0.3, 0.4) is 0 Å². The fraction of sp³-hybridized carbons (Fsp3) is 0.706. The molecule has 0 saturated carbocycles. The van der Waals surface area contributed by atoms with Gasteiger partial charge in [0.1, 0.15) is 0 Å². The zero-order valence-electron chi connectivity index (χ0n) is 13.6. The minimum atomic E-state index is 0.118. The van der Waals surface area contributed by atoms with Crippen molar-refractivity contribution in [2.24, 2.45) is 5.92 Å². The van der Waals surface area contributed by atoms with Crippen molar-refractivity contribution in [1.29, 1.82) is 0 Å². The van der Waals surface area contributed by atoms with Gasteiger partial charge in [0.25, 0.3) is 0 Å². The molecule has 1 aromatic rings. The van der Waals surface area contributed by atoms with Gasteiger partial charge in [0, 0.05) is 50.5 Å². The molecule has 2 heterocycles. The first-order valence-electron chi connectivity index (χ1n) is 8.27. The Kier molecular flexibility index (Phi) is 5.85. The molecule has 1 aromatic heterocycles. The third-order valence-electron chi connectivity index (χ3n) is 4.19. The average Bonchev–Trinajstić information content (AvgIpc) is 2.93. The maximum atomic E-state index is 12.0. The van der Waals surface area contributed by atoms with E-state index in [1.165, 1.54) is 12.0 Å². The summed E-state index contributed by atoms with van der Waals surface area (Å²) in [6.07, 6.45) is 7.69. The Morgan fingerprint density at radius 3 is 2.71 bits per heavy atom. The monoisotopic (exact) mass is 291 g/mol. The zero-order chi connectivity index (χ0) is 15.2. The van der Waals surface area contributed by atoms with E-state index >= 15 is 0 Å². The maximum Gasteiger partial charge on any atom is 0.225 e. The summed E-state index contributed by atoms with van der Waals surface area (Å²) in [6.45, 7) is 9.97. The van der Waals surface area contributed by atoms with Gasteiger partial charge >= 0.3 is 0 Å². The lowest BCUT2D eigenvalue weighted by Crippen LogP contribution is -2.45. The van der Waals surface area contributed by atoms with Crippen LogP contribution in [0.15, 0.2) is 18.5 Å². The maximum absolute atomic E-state index is 12.0. The summed E-state index contributed by atoms with van der Waals surface area (Å²) >= 11 is 0. The highest BCUT2D eigenvalue weighted by atomic mass is 16.2. The van der Waals surface area contributed by atoms with E-state index in [0.717, 1.165) is 39.0 Å². The number of nitrogens with zero attached hydrogens (tertiary/aromatic N) is 2. The second-order valence-electron chi connectivity index (χ2n) is 6.39. The van der Waals surface area contributed by atoms with Gasteiger partial charge in [0.2, 0.25) is 5.91 Å². The highest BCUT2D eigenvalue weighted by Gasteiger charge is 2.23. The van der Waals surface area contributed by atoms with E-state index in [0.29, 0.717) is 11.9 Å². The number of carbonyl (C=O) groups excluding carboxylic acids is 1. The van der Waals surface area contributed by atoms with E-state index in [1.807, 2.05) is 18.7 Å². The second-order valence-corrected chi connectivity index (χ2v) is 6.39. The van der Waals surface area contributed by atoms with Gasteiger partial charge in [-0.1, -0.05) is 20.8 Å². The van der Waals surface area contributed by atoms with Gasteiger partial charge in [-0.25, -0.2) is 0 Å². The van der Waals surface area contributed by atoms with Crippen LogP contribution in [-0.2, 0) is 17.9 Å². The molecule has 1 aliphatic heterocycles. The number of amides is 1. The van der Waals surface area contributed by atoms with Gasteiger partial charge in [-0.05, 0) is 30.9 Å². The van der Waals surface area contributed by atoms with Crippen molar-refractivity contribution < 1.29 is 4.79 Å². The fourth-order valence-electron chi connectivity index (χ4n) is 2.92. The molecular formula is C17H29N3O. The highest BCUT2D eigenvalue weighted by molar-refractivity contribution is 5.78. The van der Waals surface area contributed by atoms with Crippen LogP contribution in [0.1, 0.15) is 45.6 Å². The lowest BCUT2D eigenvalue weighted by molar-refractivity contribution is -0.135. The molecule has 118 valence electrons. The SMILES string of the molecule is CCCn1ccc(CNC2CCN(C(=O)C(C)C)CC2)c1. The third kappa shape index (κ3) is 4.60. The first kappa shape index (κ1) is 16.1. The van der Waals surface area contributed by atoms with Gasteiger partial charge < -0.3 is 14.8 Å². The molecule has 1 saturated heterocycles. The van der Waals surface area contributed by atoms with Crippen molar-refractivity contribution >= 4 is 5.91 Å². The van der Waals surface area contributed by atoms with Crippen LogP contribution in [0.2, 0.25) is 0 Å². The molecule has 4 nitrogen and oxygen atoms in total. The number of nitrogens with one attached hydrogen (secondary N) is 1. The Morgan fingerprint density at radius 2 is 2.10 bits per heavy atom. The molecule has 4 heteroatoms. The number of carbonyl (C=O) groups is 1. The molecule has 0 spiro atoms. The smallest absolute Gasteiger partial charge is 0.225 e. The summed E-state index contributed by atoms with van der Waals surface area (Å²) in [6, 6.07) is 2.73. The van der Waals surface area contributed by atoms with Crippen molar-refractivity contribution in [3.8, 4) is 0 Å². The highest BCUT2D eigenvalue weighted by Crippen LogP contribution is 2.14. The Morgan fingerprint density at radius 1 is 1.38 bits per heavy atom. The van der Waals surface area contributed by atoms with Crippen molar-refractivity contribution in [2.45, 2.75) is 59.2 Å². The molecule has 1 aliphatic rings. The molecular weight excluding hydrogens is 262 g/mol. The molecule has 0 bridgehead atoms. The lowest BCUT2D eigenvalue weighted by Gasteiger charge is -2.33. The second kappa shape index (κ2) is 7.64. The Balaban J connectivity index is 1.72. The van der Waals surface area contributed by atoms with Crippen LogP contribution < -0.4 is 5.32 Å². The van der Waals surface area contributed by atoms with Crippen molar-refractivity contribution in [1.82, 2.24) is 14.8 Å². The number of rotatable bonds is 6. The summed E-state index contributed by atoms with van der Waals surface area (Å²) < 4.78 is 2.25. The summed E-state index contributed by atoms with van der Waals surface area (Å²) in [4.78, 5) is 14.0. The van der Waals surface area contributed by atoms with Crippen LogP contribution >= 0.6 is 0 Å². The van der Waals surface area contributed by atoms with E-state index in [-0.39, 0.29) is 5.92 Å². The summed E-state index contributed by atoms with van der Waals surface area (Å²) in [5, 5.41) is 3.63.